The lowest BCUT2D eigenvalue weighted by Crippen LogP contribution is -2.62. The highest BCUT2D eigenvalue weighted by molar-refractivity contribution is 5.98. The lowest BCUT2D eigenvalue weighted by molar-refractivity contribution is -0.144. The highest BCUT2D eigenvalue weighted by Gasteiger charge is 2.36. The predicted molar refractivity (Wildman–Crippen MR) is 276 cm³/mol. The average Bonchev–Trinajstić information content (AvgIpc) is 3.32. The summed E-state index contributed by atoms with van der Waals surface area (Å²) in [6.45, 7) is 11.5. The zero-order valence-electron chi connectivity index (χ0n) is 43.8. The minimum atomic E-state index is -1.75. The number of nitrogens with zero attached hydrogens (tertiary/aromatic N) is 1. The van der Waals surface area contributed by atoms with Crippen molar-refractivity contribution in [3.63, 3.8) is 0 Å². The van der Waals surface area contributed by atoms with E-state index in [-0.39, 0.29) is 56.3 Å². The Kier molecular flexibility index (Phi) is 26.7. The molecule has 0 fully saturated rings. The maximum Gasteiger partial charge on any atom is 0.326 e. The monoisotopic (exact) mass is 1050 g/mol. The third kappa shape index (κ3) is 22.7. The summed E-state index contributed by atoms with van der Waals surface area (Å²) in [7, 11) is 0. The molecule has 2 rings (SSSR count). The number of rotatable bonds is 31. The first kappa shape index (κ1) is 63.7. The number of aromatic hydroxyl groups is 1. The Morgan fingerprint density at radius 1 is 0.547 bits per heavy atom. The molecule has 25 nitrogen and oxygen atoms in total. The molecule has 0 bridgehead atoms. The number of aliphatic hydroxyl groups excluding tert-OH is 2. The summed E-state index contributed by atoms with van der Waals surface area (Å²) in [5.41, 5.74) is 18.5. The Balaban J connectivity index is 2.37. The molecule has 8 amide bonds. The van der Waals surface area contributed by atoms with E-state index in [4.69, 9.17) is 17.2 Å². The molecule has 10 atom stereocenters. The van der Waals surface area contributed by atoms with Crippen LogP contribution in [0.1, 0.15) is 85.8 Å². The molecule has 0 spiro atoms. The SMILES string of the molecule is CC(C)C[C@H](NC(=O)[C@@H](N)Cc1ccccc1)C(=O)N[C@@H](Cc1ccc(O)cc1)C(=O)N[C@@H](CCCN=C(N)N)C(=O)N[C@H](C(=O)N[C@H](C(=O)NCC(=O)N[C@H](C(=O)N[C@H](C(=O)O)C(C)C)[C@@H](C)O)C(C)C)[C@@H](C)O. The summed E-state index contributed by atoms with van der Waals surface area (Å²) < 4.78 is 0. The molecular weight excluding hydrogens is 977 g/mol. The number of hydrogen-bond acceptors (Lipinski definition) is 14. The van der Waals surface area contributed by atoms with Gasteiger partial charge in [-0.15, -0.1) is 0 Å². The van der Waals surface area contributed by atoms with Crippen LogP contribution in [-0.4, -0.2) is 153 Å². The molecule has 25 heteroatoms. The van der Waals surface area contributed by atoms with E-state index in [0.717, 1.165) is 5.56 Å². The molecule has 0 aliphatic rings. The molecule has 18 N–H and O–H groups in total. The molecular formula is C50H78N12O13. The van der Waals surface area contributed by atoms with Gasteiger partial charge in [-0.1, -0.05) is 84.0 Å². The minimum Gasteiger partial charge on any atom is -0.508 e. The normalized spacial score (nSPS) is 15.2. The topological polar surface area (TPSA) is 421 Å². The second kappa shape index (κ2) is 31.4. The van der Waals surface area contributed by atoms with Gasteiger partial charge in [0.15, 0.2) is 5.96 Å². The van der Waals surface area contributed by atoms with Crippen molar-refractivity contribution >= 4 is 59.2 Å². The van der Waals surface area contributed by atoms with Crippen molar-refractivity contribution in [2.75, 3.05) is 13.1 Å². The Morgan fingerprint density at radius 2 is 1.03 bits per heavy atom. The Labute approximate surface area is 436 Å². The highest BCUT2D eigenvalue weighted by atomic mass is 16.4. The first-order chi connectivity index (χ1) is 35.1. The van der Waals surface area contributed by atoms with Crippen molar-refractivity contribution in [1.29, 1.82) is 0 Å². The smallest absolute Gasteiger partial charge is 0.326 e. The summed E-state index contributed by atoms with van der Waals surface area (Å²) >= 11 is 0. The van der Waals surface area contributed by atoms with E-state index in [2.05, 4.69) is 47.5 Å². The number of carboxylic acids is 1. The first-order valence-electron chi connectivity index (χ1n) is 24.7. The standard InChI is InChI=1S/C50H78N12O13/c1-25(2)21-35(57-42(67)33(51)22-30-13-10-9-11-14-30)44(69)58-36(23-31-16-18-32(65)19-17-31)45(70)56-34(15-12-20-54-50(52)53)43(68)62-41(29(8)64)48(73)60-38(26(3)4)46(71)55-24-37(66)59-40(28(7)63)47(72)61-39(27(5)6)49(74)75/h9-11,13-14,16-19,25-29,33-36,38-41,63-65H,12,15,20-24,51H2,1-8H3,(H,55,71)(H,56,70)(H,57,67)(H,58,69)(H,59,66)(H,60,73)(H,61,72)(H,62,68)(H,74,75)(H4,52,53,54)/t28-,29-,33+,34+,35+,36+,38+,39+,40+,41+/m1/s1. The lowest BCUT2D eigenvalue weighted by atomic mass is 9.99. The summed E-state index contributed by atoms with van der Waals surface area (Å²) in [5, 5.41) is 60.3. The fourth-order valence-corrected chi connectivity index (χ4v) is 7.44. The van der Waals surface area contributed by atoms with Crippen molar-refractivity contribution in [1.82, 2.24) is 42.5 Å². The average molecular weight is 1060 g/mol. The molecule has 0 aliphatic heterocycles. The molecule has 2 aromatic carbocycles. The van der Waals surface area contributed by atoms with Crippen molar-refractivity contribution in [3.8, 4) is 5.75 Å². The van der Waals surface area contributed by atoms with Crippen LogP contribution in [0.5, 0.6) is 5.75 Å². The van der Waals surface area contributed by atoms with E-state index in [1.165, 1.54) is 38.1 Å². The lowest BCUT2D eigenvalue weighted by Gasteiger charge is -2.29. The number of hydrogen-bond donors (Lipinski definition) is 15. The van der Waals surface area contributed by atoms with Gasteiger partial charge in [0.25, 0.3) is 0 Å². The van der Waals surface area contributed by atoms with Crippen LogP contribution in [0.3, 0.4) is 0 Å². The zero-order chi connectivity index (χ0) is 56.7. The first-order valence-corrected chi connectivity index (χ1v) is 24.7. The predicted octanol–water partition coefficient (Wildman–Crippen LogP) is -2.73. The van der Waals surface area contributed by atoms with E-state index in [1.54, 1.807) is 39.8 Å². The number of nitrogens with one attached hydrogen (secondary N) is 8. The molecule has 0 unspecified atom stereocenters. The van der Waals surface area contributed by atoms with Crippen LogP contribution in [0.25, 0.3) is 0 Å². The molecule has 0 aliphatic carbocycles. The maximum absolute atomic E-state index is 14.4. The number of phenols is 1. The number of carbonyl (C=O) groups is 9. The highest BCUT2D eigenvalue weighted by Crippen LogP contribution is 2.14. The van der Waals surface area contributed by atoms with Gasteiger partial charge >= 0.3 is 5.97 Å². The number of aliphatic imine (C=N–C) groups is 1. The van der Waals surface area contributed by atoms with Crippen molar-refractivity contribution in [2.24, 2.45) is 39.9 Å². The number of aliphatic carboxylic acids is 1. The number of aliphatic hydroxyl groups is 2. The Morgan fingerprint density at radius 3 is 1.55 bits per heavy atom. The van der Waals surface area contributed by atoms with Crippen LogP contribution < -0.4 is 59.7 Å². The second-order valence-electron chi connectivity index (χ2n) is 19.5. The number of amides is 8. The van der Waals surface area contributed by atoms with Gasteiger partial charge in [-0.05, 0) is 80.5 Å². The Bertz CT molecular complexity index is 2260. The van der Waals surface area contributed by atoms with E-state index in [1.807, 2.05) is 32.0 Å². The van der Waals surface area contributed by atoms with E-state index in [9.17, 15) is 63.6 Å². The summed E-state index contributed by atoms with van der Waals surface area (Å²) in [5.74, 6) is -10.1. The Hall–Kier alpha value is -7.38. The zero-order valence-corrected chi connectivity index (χ0v) is 43.8. The van der Waals surface area contributed by atoms with Crippen LogP contribution in [0.4, 0.5) is 0 Å². The van der Waals surface area contributed by atoms with Gasteiger partial charge < -0.3 is 80.2 Å². The molecule has 75 heavy (non-hydrogen) atoms. The van der Waals surface area contributed by atoms with Crippen LogP contribution in [0.2, 0.25) is 0 Å². The fourth-order valence-electron chi connectivity index (χ4n) is 7.44. The van der Waals surface area contributed by atoms with Gasteiger partial charge in [-0.2, -0.15) is 0 Å². The second-order valence-corrected chi connectivity index (χ2v) is 19.5. The van der Waals surface area contributed by atoms with Gasteiger partial charge in [0, 0.05) is 13.0 Å². The number of phenolic OH excluding ortho intramolecular Hbond substituents is 1. The molecule has 0 saturated carbocycles. The van der Waals surface area contributed by atoms with Gasteiger partial charge in [-0.3, -0.25) is 43.3 Å². The quantitative estimate of drug-likeness (QED) is 0.0207. The number of guanidine groups is 1. The van der Waals surface area contributed by atoms with Gasteiger partial charge in [-0.25, -0.2) is 4.79 Å². The maximum atomic E-state index is 14.4. The molecule has 0 aromatic heterocycles. The molecule has 2 aromatic rings. The van der Waals surface area contributed by atoms with Crippen LogP contribution >= 0.6 is 0 Å². The van der Waals surface area contributed by atoms with E-state index < -0.39 is 132 Å². The summed E-state index contributed by atoms with van der Waals surface area (Å²) in [6.07, 6.45) is -2.98. The van der Waals surface area contributed by atoms with Crippen molar-refractivity contribution in [2.45, 2.75) is 148 Å². The minimum absolute atomic E-state index is 0.00162. The largest absolute Gasteiger partial charge is 0.508 e. The van der Waals surface area contributed by atoms with Gasteiger partial charge in [0.2, 0.25) is 47.3 Å². The van der Waals surface area contributed by atoms with Gasteiger partial charge in [0.05, 0.1) is 24.8 Å². The van der Waals surface area contributed by atoms with E-state index >= 15 is 0 Å². The summed E-state index contributed by atoms with van der Waals surface area (Å²) in [4.78, 5) is 125. The van der Waals surface area contributed by atoms with Crippen molar-refractivity contribution < 1.29 is 63.6 Å². The number of carbonyl (C=O) groups excluding carboxylic acids is 8. The number of nitrogens with two attached hydrogens (primary N) is 3. The third-order valence-corrected chi connectivity index (χ3v) is 11.6. The summed E-state index contributed by atoms with van der Waals surface area (Å²) in [6, 6.07) is 3.69. The molecule has 0 saturated heterocycles. The molecule has 0 heterocycles. The molecule has 0 radical (unpaired) electrons. The fraction of sp³-hybridized carbons (Fsp3) is 0.560. The van der Waals surface area contributed by atoms with Crippen LogP contribution in [-0.2, 0) is 56.0 Å². The molecule has 416 valence electrons. The van der Waals surface area contributed by atoms with Gasteiger partial charge in [0.1, 0.15) is 48.0 Å². The van der Waals surface area contributed by atoms with Crippen LogP contribution in [0, 0.1) is 17.8 Å². The van der Waals surface area contributed by atoms with E-state index in [0.29, 0.717) is 5.56 Å². The number of benzene rings is 2. The van der Waals surface area contributed by atoms with Crippen molar-refractivity contribution in [3.05, 3.63) is 65.7 Å². The van der Waals surface area contributed by atoms with Crippen LogP contribution in [0.15, 0.2) is 59.6 Å². The number of carboxylic acid groups (broad SMARTS) is 1. The third-order valence-electron chi connectivity index (χ3n) is 11.6.